The van der Waals surface area contributed by atoms with Crippen LogP contribution in [0.3, 0.4) is 0 Å². The normalized spacial score (nSPS) is 10.9. The molecule has 1 aromatic heterocycles. The first kappa shape index (κ1) is 19.6. The van der Waals surface area contributed by atoms with Crippen LogP contribution in [0.2, 0.25) is 0 Å². The lowest BCUT2D eigenvalue weighted by Crippen LogP contribution is -2.30. The number of benzene rings is 2. The number of aryl methyl sites for hydroxylation is 1. The van der Waals surface area contributed by atoms with Crippen molar-refractivity contribution in [2.45, 2.75) is 39.7 Å². The van der Waals surface area contributed by atoms with Gasteiger partial charge in [0.2, 0.25) is 0 Å². The number of nitrogens with one attached hydrogen (secondary N) is 1. The summed E-state index contributed by atoms with van der Waals surface area (Å²) in [6, 6.07) is 15.5. The highest BCUT2D eigenvalue weighted by molar-refractivity contribution is 5.89. The van der Waals surface area contributed by atoms with Gasteiger partial charge < -0.3 is 14.7 Å². The van der Waals surface area contributed by atoms with Crippen LogP contribution in [0.5, 0.6) is 0 Å². The van der Waals surface area contributed by atoms with E-state index < -0.39 is 0 Å². The molecule has 0 aliphatic heterocycles. The van der Waals surface area contributed by atoms with Gasteiger partial charge in [0.15, 0.2) is 5.82 Å². The Bertz CT molecular complexity index is 914. The predicted octanol–water partition coefficient (Wildman–Crippen LogP) is 5.09. The number of hydrogen-bond donors (Lipinski definition) is 1. The van der Waals surface area contributed by atoms with E-state index in [1.165, 1.54) is 5.56 Å². The number of carbonyl (C=O) groups excluding carboxylic acids is 1. The van der Waals surface area contributed by atoms with E-state index >= 15 is 0 Å². The Labute approximate surface area is 165 Å². The molecule has 6 nitrogen and oxygen atoms in total. The highest BCUT2D eigenvalue weighted by atomic mass is 16.5. The summed E-state index contributed by atoms with van der Waals surface area (Å²) in [5.74, 6) is 1.37. The average Bonchev–Trinajstić information content (AvgIpc) is 3.19. The summed E-state index contributed by atoms with van der Waals surface area (Å²) in [5.41, 5.74) is 3.92. The lowest BCUT2D eigenvalue weighted by atomic mass is 10.1. The van der Waals surface area contributed by atoms with Crippen LogP contribution < -0.4 is 5.32 Å². The molecule has 0 unspecified atom stereocenters. The van der Waals surface area contributed by atoms with Crippen LogP contribution in [0, 0.1) is 0 Å². The zero-order valence-corrected chi connectivity index (χ0v) is 16.8. The van der Waals surface area contributed by atoms with Crippen molar-refractivity contribution in [3.8, 4) is 11.5 Å². The summed E-state index contributed by atoms with van der Waals surface area (Å²) in [5, 5.41) is 6.88. The van der Waals surface area contributed by atoms with Gasteiger partial charge >= 0.3 is 6.03 Å². The molecule has 0 atom stereocenters. The van der Waals surface area contributed by atoms with E-state index in [2.05, 4.69) is 46.6 Å². The van der Waals surface area contributed by atoms with Crippen molar-refractivity contribution in [1.29, 1.82) is 0 Å². The maximum absolute atomic E-state index is 12.4. The number of anilines is 1. The Balaban J connectivity index is 1.59. The van der Waals surface area contributed by atoms with Gasteiger partial charge in [-0.25, -0.2) is 4.79 Å². The van der Waals surface area contributed by atoms with Crippen molar-refractivity contribution in [3.05, 3.63) is 65.5 Å². The van der Waals surface area contributed by atoms with E-state index in [1.54, 1.807) is 11.9 Å². The fourth-order valence-corrected chi connectivity index (χ4v) is 2.73. The summed E-state index contributed by atoms with van der Waals surface area (Å²) < 4.78 is 5.30. The van der Waals surface area contributed by atoms with Crippen LogP contribution in [0.1, 0.15) is 43.6 Å². The Morgan fingerprint density at radius 3 is 2.29 bits per heavy atom. The standard InChI is InChI=1S/C22H26N4O2/c1-5-16-6-8-17(9-7-16)14-26(4)22(27)23-19-12-10-18(11-13-19)21-24-20(15(2)3)25-28-21/h6-13,15H,5,14H2,1-4H3,(H,23,27). The third-order valence-electron chi connectivity index (χ3n) is 4.54. The van der Waals surface area contributed by atoms with Crippen molar-refractivity contribution in [2.24, 2.45) is 0 Å². The van der Waals surface area contributed by atoms with Crippen LogP contribution in [0.4, 0.5) is 10.5 Å². The van der Waals surface area contributed by atoms with E-state index in [9.17, 15) is 4.79 Å². The highest BCUT2D eigenvalue weighted by Gasteiger charge is 2.13. The van der Waals surface area contributed by atoms with Crippen molar-refractivity contribution >= 4 is 11.7 Å². The monoisotopic (exact) mass is 378 g/mol. The largest absolute Gasteiger partial charge is 0.334 e. The minimum Gasteiger partial charge on any atom is -0.334 e. The Morgan fingerprint density at radius 2 is 1.71 bits per heavy atom. The summed E-state index contributed by atoms with van der Waals surface area (Å²) in [4.78, 5) is 18.5. The molecular weight excluding hydrogens is 352 g/mol. The molecule has 3 rings (SSSR count). The first-order valence-corrected chi connectivity index (χ1v) is 9.50. The van der Waals surface area contributed by atoms with Gasteiger partial charge in [-0.3, -0.25) is 0 Å². The van der Waals surface area contributed by atoms with Gasteiger partial charge in [0.1, 0.15) is 0 Å². The molecule has 6 heteroatoms. The number of urea groups is 1. The van der Waals surface area contributed by atoms with Crippen LogP contribution >= 0.6 is 0 Å². The van der Waals surface area contributed by atoms with E-state index in [1.807, 2.05) is 38.1 Å². The van der Waals surface area contributed by atoms with Gasteiger partial charge in [-0.2, -0.15) is 4.98 Å². The Hall–Kier alpha value is -3.15. The molecule has 0 aliphatic rings. The van der Waals surface area contributed by atoms with Gasteiger partial charge in [0, 0.05) is 30.8 Å². The fourth-order valence-electron chi connectivity index (χ4n) is 2.73. The number of carbonyl (C=O) groups is 1. The maximum Gasteiger partial charge on any atom is 0.321 e. The second-order valence-corrected chi connectivity index (χ2v) is 7.15. The number of aromatic nitrogens is 2. The van der Waals surface area contributed by atoms with Gasteiger partial charge in [-0.15, -0.1) is 0 Å². The molecule has 2 amide bonds. The third kappa shape index (κ3) is 4.76. The third-order valence-corrected chi connectivity index (χ3v) is 4.54. The van der Waals surface area contributed by atoms with E-state index in [0.717, 1.165) is 17.5 Å². The molecule has 3 aromatic rings. The Kier molecular flexibility index (Phi) is 6.09. The smallest absolute Gasteiger partial charge is 0.321 e. The molecule has 0 fully saturated rings. The molecule has 0 radical (unpaired) electrons. The van der Waals surface area contributed by atoms with E-state index in [-0.39, 0.29) is 11.9 Å². The van der Waals surface area contributed by atoms with Crippen molar-refractivity contribution in [2.75, 3.05) is 12.4 Å². The molecule has 2 aromatic carbocycles. The number of amides is 2. The van der Waals surface area contributed by atoms with Crippen molar-refractivity contribution in [3.63, 3.8) is 0 Å². The molecule has 0 saturated carbocycles. The zero-order chi connectivity index (χ0) is 20.1. The molecule has 28 heavy (non-hydrogen) atoms. The summed E-state index contributed by atoms with van der Waals surface area (Å²) in [7, 11) is 1.78. The molecular formula is C22H26N4O2. The molecule has 0 spiro atoms. The Morgan fingerprint density at radius 1 is 1.07 bits per heavy atom. The quantitative estimate of drug-likeness (QED) is 0.649. The fraction of sp³-hybridized carbons (Fsp3) is 0.318. The summed E-state index contributed by atoms with van der Waals surface area (Å²) in [6.45, 7) is 6.71. The molecule has 0 aliphatic carbocycles. The molecule has 1 N–H and O–H groups in total. The first-order valence-electron chi connectivity index (χ1n) is 9.50. The minimum absolute atomic E-state index is 0.160. The average molecular weight is 378 g/mol. The number of hydrogen-bond acceptors (Lipinski definition) is 4. The molecule has 146 valence electrons. The van der Waals surface area contributed by atoms with Crippen molar-refractivity contribution in [1.82, 2.24) is 15.0 Å². The van der Waals surface area contributed by atoms with Crippen LogP contribution in [0.25, 0.3) is 11.5 Å². The number of nitrogens with zero attached hydrogens (tertiary/aromatic N) is 3. The number of rotatable bonds is 6. The molecule has 0 bridgehead atoms. The summed E-state index contributed by atoms with van der Waals surface area (Å²) in [6.07, 6.45) is 1.01. The van der Waals surface area contributed by atoms with Crippen LogP contribution in [-0.2, 0) is 13.0 Å². The summed E-state index contributed by atoms with van der Waals surface area (Å²) >= 11 is 0. The van der Waals surface area contributed by atoms with Crippen molar-refractivity contribution < 1.29 is 9.32 Å². The van der Waals surface area contributed by atoms with E-state index in [0.29, 0.717) is 23.9 Å². The predicted molar refractivity (Wildman–Crippen MR) is 110 cm³/mol. The lowest BCUT2D eigenvalue weighted by Gasteiger charge is -2.18. The maximum atomic E-state index is 12.4. The topological polar surface area (TPSA) is 71.3 Å². The van der Waals surface area contributed by atoms with E-state index in [4.69, 9.17) is 4.52 Å². The second kappa shape index (κ2) is 8.69. The molecule has 0 saturated heterocycles. The molecule has 1 heterocycles. The highest BCUT2D eigenvalue weighted by Crippen LogP contribution is 2.22. The first-order chi connectivity index (χ1) is 13.5. The van der Waals surface area contributed by atoms with Crippen LogP contribution in [-0.4, -0.2) is 28.1 Å². The minimum atomic E-state index is -0.160. The lowest BCUT2D eigenvalue weighted by molar-refractivity contribution is 0.220. The van der Waals surface area contributed by atoms with Gasteiger partial charge in [-0.1, -0.05) is 50.2 Å². The SMILES string of the molecule is CCc1ccc(CN(C)C(=O)Nc2ccc(-c3nc(C(C)C)no3)cc2)cc1. The zero-order valence-electron chi connectivity index (χ0n) is 16.8. The van der Waals surface area contributed by atoms with Crippen LogP contribution in [0.15, 0.2) is 53.1 Å². The second-order valence-electron chi connectivity index (χ2n) is 7.15. The van der Waals surface area contributed by atoms with Gasteiger partial charge in [-0.05, 0) is 41.8 Å². The van der Waals surface area contributed by atoms with Gasteiger partial charge in [0.05, 0.1) is 0 Å². The van der Waals surface area contributed by atoms with Gasteiger partial charge in [0.25, 0.3) is 5.89 Å².